The molecule has 0 unspecified atom stereocenters. The Morgan fingerprint density at radius 3 is 2.76 bits per heavy atom. The fourth-order valence-corrected chi connectivity index (χ4v) is 3.36. The number of hydrogen-bond acceptors (Lipinski definition) is 3. The van der Waals surface area contributed by atoms with E-state index in [0.717, 1.165) is 21.8 Å². The van der Waals surface area contributed by atoms with Crippen molar-refractivity contribution in [2.24, 2.45) is 0 Å². The minimum absolute atomic E-state index is 0.0688. The summed E-state index contributed by atoms with van der Waals surface area (Å²) >= 11 is 1.61. The summed E-state index contributed by atoms with van der Waals surface area (Å²) in [5.74, 6) is -0.363. The SMILES string of the molecule is Cc1cccc(-c2nc(CCNC(=O)Cc3ccc(F)cc3)cs2)c1. The number of aromatic nitrogens is 1. The first kappa shape index (κ1) is 17.3. The molecule has 1 amide bonds. The van der Waals surface area contributed by atoms with Crippen LogP contribution in [0, 0.1) is 12.7 Å². The molecule has 5 heteroatoms. The van der Waals surface area contributed by atoms with Gasteiger partial charge in [0.15, 0.2) is 0 Å². The van der Waals surface area contributed by atoms with Crippen molar-refractivity contribution in [1.82, 2.24) is 10.3 Å². The summed E-state index contributed by atoms with van der Waals surface area (Å²) in [6, 6.07) is 14.3. The average molecular weight is 354 g/mol. The lowest BCUT2D eigenvalue weighted by Gasteiger charge is -2.04. The Balaban J connectivity index is 1.49. The Labute approximate surface area is 150 Å². The van der Waals surface area contributed by atoms with Gasteiger partial charge in [-0.2, -0.15) is 0 Å². The molecule has 3 nitrogen and oxygen atoms in total. The number of benzene rings is 2. The van der Waals surface area contributed by atoms with Gasteiger partial charge in [-0.3, -0.25) is 4.79 Å². The second-order valence-electron chi connectivity index (χ2n) is 5.92. The van der Waals surface area contributed by atoms with Gasteiger partial charge in [0, 0.05) is 23.9 Å². The molecule has 0 atom stereocenters. The lowest BCUT2D eigenvalue weighted by atomic mass is 10.1. The van der Waals surface area contributed by atoms with E-state index in [2.05, 4.69) is 35.4 Å². The molecule has 0 bridgehead atoms. The second kappa shape index (κ2) is 8.03. The molecule has 1 heterocycles. The third-order valence-corrected chi connectivity index (χ3v) is 4.74. The fourth-order valence-electron chi connectivity index (χ4n) is 2.51. The van der Waals surface area contributed by atoms with Crippen LogP contribution in [0.4, 0.5) is 4.39 Å². The number of rotatable bonds is 6. The predicted molar refractivity (Wildman–Crippen MR) is 99.1 cm³/mol. The van der Waals surface area contributed by atoms with Crippen LogP contribution >= 0.6 is 11.3 Å². The number of nitrogens with one attached hydrogen (secondary N) is 1. The molecule has 0 aliphatic heterocycles. The number of thiazole rings is 1. The van der Waals surface area contributed by atoms with Gasteiger partial charge in [0.2, 0.25) is 5.91 Å². The summed E-state index contributed by atoms with van der Waals surface area (Å²) in [6.07, 6.45) is 0.948. The molecule has 0 fully saturated rings. The molecule has 0 spiro atoms. The van der Waals surface area contributed by atoms with Crippen molar-refractivity contribution >= 4 is 17.2 Å². The Morgan fingerprint density at radius 2 is 2.00 bits per heavy atom. The van der Waals surface area contributed by atoms with Gasteiger partial charge in [-0.15, -0.1) is 11.3 Å². The van der Waals surface area contributed by atoms with E-state index in [0.29, 0.717) is 13.0 Å². The molecule has 25 heavy (non-hydrogen) atoms. The highest BCUT2D eigenvalue weighted by Crippen LogP contribution is 2.24. The van der Waals surface area contributed by atoms with E-state index in [4.69, 9.17) is 0 Å². The van der Waals surface area contributed by atoms with Gasteiger partial charge in [0.05, 0.1) is 12.1 Å². The fraction of sp³-hybridized carbons (Fsp3) is 0.200. The number of aryl methyl sites for hydroxylation is 1. The minimum atomic E-state index is -0.294. The normalized spacial score (nSPS) is 10.6. The monoisotopic (exact) mass is 354 g/mol. The third-order valence-electron chi connectivity index (χ3n) is 3.80. The molecule has 1 N–H and O–H groups in total. The van der Waals surface area contributed by atoms with E-state index in [-0.39, 0.29) is 18.1 Å². The van der Waals surface area contributed by atoms with E-state index < -0.39 is 0 Å². The highest BCUT2D eigenvalue weighted by atomic mass is 32.1. The zero-order chi connectivity index (χ0) is 17.6. The van der Waals surface area contributed by atoms with Crippen molar-refractivity contribution in [2.45, 2.75) is 19.8 Å². The van der Waals surface area contributed by atoms with E-state index in [1.54, 1.807) is 23.5 Å². The quantitative estimate of drug-likeness (QED) is 0.722. The number of nitrogens with zero attached hydrogens (tertiary/aromatic N) is 1. The maximum Gasteiger partial charge on any atom is 0.224 e. The van der Waals surface area contributed by atoms with Crippen LogP contribution in [0.2, 0.25) is 0 Å². The molecular formula is C20H19FN2OS. The van der Waals surface area contributed by atoms with Crippen LogP contribution < -0.4 is 5.32 Å². The molecule has 2 aromatic carbocycles. The van der Waals surface area contributed by atoms with E-state index >= 15 is 0 Å². The molecule has 3 rings (SSSR count). The van der Waals surface area contributed by atoms with Crippen LogP contribution in [0.5, 0.6) is 0 Å². The van der Waals surface area contributed by atoms with Crippen molar-refractivity contribution in [3.8, 4) is 10.6 Å². The number of halogens is 1. The summed E-state index contributed by atoms with van der Waals surface area (Å²) in [6.45, 7) is 2.60. The number of carbonyl (C=O) groups is 1. The van der Waals surface area contributed by atoms with Gasteiger partial charge in [-0.1, -0.05) is 35.9 Å². The van der Waals surface area contributed by atoms with E-state index in [1.807, 2.05) is 11.4 Å². The Bertz CT molecular complexity index is 858. The molecule has 1 aromatic heterocycles. The van der Waals surface area contributed by atoms with Gasteiger partial charge < -0.3 is 5.32 Å². The highest BCUT2D eigenvalue weighted by molar-refractivity contribution is 7.13. The summed E-state index contributed by atoms with van der Waals surface area (Å²) < 4.78 is 12.9. The summed E-state index contributed by atoms with van der Waals surface area (Å²) in [4.78, 5) is 16.6. The number of hydrogen-bond donors (Lipinski definition) is 1. The van der Waals surface area contributed by atoms with Crippen LogP contribution in [0.25, 0.3) is 10.6 Å². The molecule has 0 saturated heterocycles. The molecule has 3 aromatic rings. The second-order valence-corrected chi connectivity index (χ2v) is 6.77. The summed E-state index contributed by atoms with van der Waals surface area (Å²) in [5.41, 5.74) is 4.11. The van der Waals surface area contributed by atoms with Gasteiger partial charge in [0.25, 0.3) is 0 Å². The maximum absolute atomic E-state index is 12.9. The van der Waals surface area contributed by atoms with Crippen LogP contribution in [0.15, 0.2) is 53.9 Å². The molecular weight excluding hydrogens is 335 g/mol. The predicted octanol–water partition coefficient (Wildman–Crippen LogP) is 4.16. The molecule has 0 aliphatic rings. The van der Waals surface area contributed by atoms with Crippen LogP contribution in [0.1, 0.15) is 16.8 Å². The zero-order valence-electron chi connectivity index (χ0n) is 14.0. The summed E-state index contributed by atoms with van der Waals surface area (Å²) in [7, 11) is 0. The summed E-state index contributed by atoms with van der Waals surface area (Å²) in [5, 5.41) is 5.91. The number of amides is 1. The topological polar surface area (TPSA) is 42.0 Å². The lowest BCUT2D eigenvalue weighted by Crippen LogP contribution is -2.27. The van der Waals surface area contributed by atoms with Gasteiger partial charge in [-0.05, 0) is 30.7 Å². The van der Waals surface area contributed by atoms with Gasteiger partial charge in [-0.25, -0.2) is 9.37 Å². The van der Waals surface area contributed by atoms with Gasteiger partial charge >= 0.3 is 0 Å². The highest BCUT2D eigenvalue weighted by Gasteiger charge is 2.07. The van der Waals surface area contributed by atoms with Crippen molar-refractivity contribution in [1.29, 1.82) is 0 Å². The maximum atomic E-state index is 12.9. The van der Waals surface area contributed by atoms with Crippen LogP contribution in [-0.4, -0.2) is 17.4 Å². The van der Waals surface area contributed by atoms with Crippen LogP contribution in [-0.2, 0) is 17.6 Å². The first-order chi connectivity index (χ1) is 12.1. The lowest BCUT2D eigenvalue weighted by molar-refractivity contribution is -0.120. The zero-order valence-corrected chi connectivity index (χ0v) is 14.8. The minimum Gasteiger partial charge on any atom is -0.355 e. The average Bonchev–Trinajstić information content (AvgIpc) is 3.06. The Morgan fingerprint density at radius 1 is 1.20 bits per heavy atom. The standard InChI is InChI=1S/C20H19FN2OS/c1-14-3-2-4-16(11-14)20-23-18(13-25-20)9-10-22-19(24)12-15-5-7-17(21)8-6-15/h2-8,11,13H,9-10,12H2,1H3,(H,22,24). The largest absolute Gasteiger partial charge is 0.355 e. The van der Waals surface area contributed by atoms with Gasteiger partial charge in [0.1, 0.15) is 10.8 Å². The molecule has 0 radical (unpaired) electrons. The Kier molecular flexibility index (Phi) is 5.56. The van der Waals surface area contributed by atoms with Crippen LogP contribution in [0.3, 0.4) is 0 Å². The molecule has 128 valence electrons. The number of carbonyl (C=O) groups excluding carboxylic acids is 1. The van der Waals surface area contributed by atoms with E-state index in [9.17, 15) is 9.18 Å². The van der Waals surface area contributed by atoms with Crippen molar-refractivity contribution in [3.63, 3.8) is 0 Å². The smallest absolute Gasteiger partial charge is 0.224 e. The first-order valence-corrected chi connectivity index (χ1v) is 9.01. The Hall–Kier alpha value is -2.53. The molecule has 0 aliphatic carbocycles. The van der Waals surface area contributed by atoms with Crippen molar-refractivity contribution in [2.75, 3.05) is 6.54 Å². The van der Waals surface area contributed by atoms with E-state index in [1.165, 1.54) is 17.7 Å². The third kappa shape index (κ3) is 4.97. The van der Waals surface area contributed by atoms with Crippen molar-refractivity contribution < 1.29 is 9.18 Å². The molecule has 0 saturated carbocycles. The first-order valence-electron chi connectivity index (χ1n) is 8.13. The van der Waals surface area contributed by atoms with Crippen molar-refractivity contribution in [3.05, 3.63) is 76.5 Å².